The van der Waals surface area contributed by atoms with Gasteiger partial charge in [-0.3, -0.25) is 19.7 Å². The fourth-order valence-corrected chi connectivity index (χ4v) is 3.53. The number of thiazole rings is 1. The van der Waals surface area contributed by atoms with E-state index in [0.717, 1.165) is 48.0 Å². The van der Waals surface area contributed by atoms with E-state index in [9.17, 15) is 4.79 Å². The number of aromatic nitrogens is 3. The van der Waals surface area contributed by atoms with Crippen LogP contribution in [-0.2, 0) is 17.9 Å². The lowest BCUT2D eigenvalue weighted by molar-refractivity contribution is -0.119. The highest BCUT2D eigenvalue weighted by Crippen LogP contribution is 2.32. The largest absolute Gasteiger partial charge is 0.351 e. The zero-order valence-corrected chi connectivity index (χ0v) is 14.3. The van der Waals surface area contributed by atoms with Crippen LogP contribution in [0.1, 0.15) is 47.9 Å². The van der Waals surface area contributed by atoms with Gasteiger partial charge in [0.05, 0.1) is 47.1 Å². The van der Waals surface area contributed by atoms with E-state index in [1.807, 2.05) is 13.1 Å². The highest BCUT2D eigenvalue weighted by molar-refractivity contribution is 7.09. The lowest BCUT2D eigenvalue weighted by Gasteiger charge is -2.23. The van der Waals surface area contributed by atoms with E-state index < -0.39 is 0 Å². The number of nitrogens with one attached hydrogen (secondary N) is 1. The molecule has 23 heavy (non-hydrogen) atoms. The third-order valence-electron chi connectivity index (χ3n) is 3.96. The standard InChI is InChI=1S/C16H21N5OS/c1-11(22)18-7-13-6-17-8-15(20-13)16-4-3-5-21(16)9-14-10-23-12(2)19-14/h6,8,10,16H,3-5,7,9H2,1-2H3,(H,18,22). The minimum absolute atomic E-state index is 0.0569. The zero-order chi connectivity index (χ0) is 16.2. The molecule has 1 fully saturated rings. The smallest absolute Gasteiger partial charge is 0.217 e. The third-order valence-corrected chi connectivity index (χ3v) is 4.78. The van der Waals surface area contributed by atoms with Crippen LogP contribution in [0.3, 0.4) is 0 Å². The Labute approximate surface area is 140 Å². The molecule has 0 aromatic carbocycles. The maximum absolute atomic E-state index is 11.0. The summed E-state index contributed by atoms with van der Waals surface area (Å²) in [7, 11) is 0. The van der Waals surface area contributed by atoms with Gasteiger partial charge in [-0.1, -0.05) is 0 Å². The number of hydrogen-bond donors (Lipinski definition) is 1. The predicted octanol–water partition coefficient (Wildman–Crippen LogP) is 2.21. The normalized spacial score (nSPS) is 18.3. The van der Waals surface area contributed by atoms with Gasteiger partial charge in [0.15, 0.2) is 0 Å². The quantitative estimate of drug-likeness (QED) is 0.909. The molecule has 122 valence electrons. The monoisotopic (exact) mass is 331 g/mol. The van der Waals surface area contributed by atoms with Crippen LogP contribution in [0.15, 0.2) is 17.8 Å². The van der Waals surface area contributed by atoms with Crippen molar-refractivity contribution in [1.29, 1.82) is 0 Å². The van der Waals surface area contributed by atoms with Gasteiger partial charge < -0.3 is 5.32 Å². The van der Waals surface area contributed by atoms with Gasteiger partial charge in [0.1, 0.15) is 0 Å². The molecular formula is C16H21N5OS. The molecule has 0 saturated carbocycles. The molecule has 0 spiro atoms. The lowest BCUT2D eigenvalue weighted by Crippen LogP contribution is -2.25. The molecule has 1 aliphatic rings. The van der Waals surface area contributed by atoms with Crippen LogP contribution < -0.4 is 5.32 Å². The molecule has 0 bridgehead atoms. The Balaban J connectivity index is 1.71. The van der Waals surface area contributed by atoms with E-state index in [1.165, 1.54) is 6.92 Å². The van der Waals surface area contributed by atoms with Crippen molar-refractivity contribution in [2.45, 2.75) is 45.8 Å². The molecule has 1 saturated heterocycles. The van der Waals surface area contributed by atoms with Crippen molar-refractivity contribution < 1.29 is 4.79 Å². The average molecular weight is 331 g/mol. The zero-order valence-electron chi connectivity index (χ0n) is 13.5. The van der Waals surface area contributed by atoms with Gasteiger partial charge in [0.2, 0.25) is 5.91 Å². The Morgan fingerprint density at radius 1 is 1.39 bits per heavy atom. The van der Waals surface area contributed by atoms with Crippen LogP contribution in [0, 0.1) is 6.92 Å². The topological polar surface area (TPSA) is 71.0 Å². The van der Waals surface area contributed by atoms with Crippen molar-refractivity contribution in [2.75, 3.05) is 6.54 Å². The Bertz CT molecular complexity index is 687. The first kappa shape index (κ1) is 16.0. The van der Waals surface area contributed by atoms with E-state index in [4.69, 9.17) is 0 Å². The molecule has 3 heterocycles. The summed E-state index contributed by atoms with van der Waals surface area (Å²) in [5, 5.41) is 6.00. The fourth-order valence-electron chi connectivity index (χ4n) is 2.92. The molecule has 1 atom stereocenters. The SMILES string of the molecule is CC(=O)NCc1cncc(C2CCCN2Cc2csc(C)n2)n1. The van der Waals surface area contributed by atoms with Crippen LogP contribution in [-0.4, -0.2) is 32.3 Å². The van der Waals surface area contributed by atoms with Crippen LogP contribution in [0.5, 0.6) is 0 Å². The molecular weight excluding hydrogens is 310 g/mol. The molecule has 0 aliphatic carbocycles. The van der Waals surface area contributed by atoms with Gasteiger partial charge >= 0.3 is 0 Å². The van der Waals surface area contributed by atoms with E-state index in [0.29, 0.717) is 6.54 Å². The molecule has 2 aromatic heterocycles. The number of likely N-dealkylation sites (tertiary alicyclic amines) is 1. The molecule has 1 unspecified atom stereocenters. The molecule has 7 heteroatoms. The second-order valence-corrected chi connectivity index (χ2v) is 6.89. The van der Waals surface area contributed by atoms with Crippen molar-refractivity contribution in [3.63, 3.8) is 0 Å². The summed E-state index contributed by atoms with van der Waals surface area (Å²) < 4.78 is 0. The summed E-state index contributed by atoms with van der Waals surface area (Å²) in [4.78, 5) is 27.0. The number of nitrogens with zero attached hydrogens (tertiary/aromatic N) is 4. The number of aryl methyl sites for hydroxylation is 1. The molecule has 6 nitrogen and oxygen atoms in total. The van der Waals surface area contributed by atoms with Crippen LogP contribution in [0.25, 0.3) is 0 Å². The van der Waals surface area contributed by atoms with Crippen LogP contribution in [0.4, 0.5) is 0 Å². The first-order valence-corrected chi connectivity index (χ1v) is 8.70. The maximum Gasteiger partial charge on any atom is 0.217 e. The number of hydrogen-bond acceptors (Lipinski definition) is 6. The average Bonchev–Trinajstić information content (AvgIpc) is 3.15. The van der Waals surface area contributed by atoms with Crippen LogP contribution in [0.2, 0.25) is 0 Å². The Kier molecular flexibility index (Phi) is 4.97. The summed E-state index contributed by atoms with van der Waals surface area (Å²) in [6, 6.07) is 0.279. The van der Waals surface area contributed by atoms with Crippen molar-refractivity contribution in [2.24, 2.45) is 0 Å². The second kappa shape index (κ2) is 7.14. The summed E-state index contributed by atoms with van der Waals surface area (Å²) in [6.07, 6.45) is 5.79. The molecule has 0 radical (unpaired) electrons. The Morgan fingerprint density at radius 2 is 2.26 bits per heavy atom. The summed E-state index contributed by atoms with van der Waals surface area (Å²) in [6.45, 7) is 5.87. The van der Waals surface area contributed by atoms with Crippen molar-refractivity contribution in [3.8, 4) is 0 Å². The second-order valence-electron chi connectivity index (χ2n) is 5.83. The van der Waals surface area contributed by atoms with Crippen molar-refractivity contribution in [1.82, 2.24) is 25.2 Å². The molecule has 3 rings (SSSR count). The fraction of sp³-hybridized carbons (Fsp3) is 0.500. The minimum Gasteiger partial charge on any atom is -0.351 e. The van der Waals surface area contributed by atoms with Crippen molar-refractivity contribution >= 4 is 17.2 Å². The summed E-state index contributed by atoms with van der Waals surface area (Å²) in [5.74, 6) is -0.0569. The van der Waals surface area contributed by atoms with E-state index in [-0.39, 0.29) is 11.9 Å². The van der Waals surface area contributed by atoms with Gasteiger partial charge in [-0.25, -0.2) is 4.98 Å². The van der Waals surface area contributed by atoms with Gasteiger partial charge in [-0.05, 0) is 26.3 Å². The number of carbonyl (C=O) groups excluding carboxylic acids is 1. The molecule has 1 N–H and O–H groups in total. The minimum atomic E-state index is -0.0569. The summed E-state index contributed by atoms with van der Waals surface area (Å²) >= 11 is 1.69. The van der Waals surface area contributed by atoms with E-state index in [1.54, 1.807) is 17.5 Å². The third kappa shape index (κ3) is 4.11. The maximum atomic E-state index is 11.0. The van der Waals surface area contributed by atoms with Gasteiger partial charge in [-0.2, -0.15) is 0 Å². The summed E-state index contributed by atoms with van der Waals surface area (Å²) in [5.41, 5.74) is 2.91. The van der Waals surface area contributed by atoms with Gasteiger partial charge in [0.25, 0.3) is 0 Å². The highest BCUT2D eigenvalue weighted by atomic mass is 32.1. The first-order valence-electron chi connectivity index (χ1n) is 7.82. The van der Waals surface area contributed by atoms with Gasteiger partial charge in [-0.15, -0.1) is 11.3 Å². The van der Waals surface area contributed by atoms with Crippen LogP contribution >= 0.6 is 11.3 Å². The van der Waals surface area contributed by atoms with Gasteiger partial charge in [0, 0.05) is 18.8 Å². The Morgan fingerprint density at radius 3 is 3.00 bits per heavy atom. The number of amides is 1. The van der Waals surface area contributed by atoms with E-state index in [2.05, 4.69) is 30.5 Å². The lowest BCUT2D eigenvalue weighted by atomic mass is 10.1. The first-order chi connectivity index (χ1) is 11.1. The molecule has 1 amide bonds. The number of carbonyl (C=O) groups is 1. The molecule has 1 aliphatic heterocycles. The number of rotatable bonds is 5. The van der Waals surface area contributed by atoms with E-state index >= 15 is 0 Å². The predicted molar refractivity (Wildman–Crippen MR) is 88.8 cm³/mol. The molecule has 2 aromatic rings. The highest BCUT2D eigenvalue weighted by Gasteiger charge is 2.28. The van der Waals surface area contributed by atoms with Crippen molar-refractivity contribution in [3.05, 3.63) is 39.9 Å². The Hall–Kier alpha value is -1.86.